The van der Waals surface area contributed by atoms with Crippen molar-refractivity contribution in [1.82, 2.24) is 4.57 Å². The van der Waals surface area contributed by atoms with Gasteiger partial charge in [-0.2, -0.15) is 5.26 Å². The van der Waals surface area contributed by atoms with Crippen LogP contribution in [0.4, 0.5) is 5.00 Å². The number of benzene rings is 1. The molecule has 0 unspecified atom stereocenters. The van der Waals surface area contributed by atoms with E-state index in [4.69, 9.17) is 0 Å². The number of nitrogens with zero attached hydrogens (tertiary/aromatic N) is 2. The minimum absolute atomic E-state index is 0.0897. The van der Waals surface area contributed by atoms with Crippen LogP contribution < -0.4 is 5.32 Å². The van der Waals surface area contributed by atoms with Crippen LogP contribution in [0.2, 0.25) is 0 Å². The Morgan fingerprint density at radius 3 is 2.83 bits per heavy atom. The first-order valence-electron chi connectivity index (χ1n) is 10.2. The van der Waals surface area contributed by atoms with Gasteiger partial charge in [0.1, 0.15) is 17.6 Å². The summed E-state index contributed by atoms with van der Waals surface area (Å²) >= 11 is 1.54. The third-order valence-electron chi connectivity index (χ3n) is 6.12. The van der Waals surface area contributed by atoms with Crippen LogP contribution in [0.15, 0.2) is 30.5 Å². The molecule has 5 nitrogen and oxygen atoms in total. The van der Waals surface area contributed by atoms with Gasteiger partial charge in [0.15, 0.2) is 6.29 Å². The molecule has 0 bridgehead atoms. The number of thiophene rings is 1. The quantitative estimate of drug-likeness (QED) is 0.592. The number of fused-ring (bicyclic) bond motifs is 2. The molecule has 3 aromatic rings. The van der Waals surface area contributed by atoms with E-state index in [0.717, 1.165) is 42.0 Å². The fourth-order valence-electron chi connectivity index (χ4n) is 4.35. The Morgan fingerprint density at radius 2 is 2.13 bits per heavy atom. The number of amides is 1. The van der Waals surface area contributed by atoms with E-state index < -0.39 is 0 Å². The predicted molar refractivity (Wildman–Crippen MR) is 120 cm³/mol. The molecule has 1 aromatic carbocycles. The van der Waals surface area contributed by atoms with Crippen molar-refractivity contribution in [3.8, 4) is 6.07 Å². The summed E-state index contributed by atoms with van der Waals surface area (Å²) in [7, 11) is 0. The van der Waals surface area contributed by atoms with Gasteiger partial charge in [-0.1, -0.05) is 39.0 Å². The van der Waals surface area contributed by atoms with Crippen molar-refractivity contribution < 1.29 is 9.59 Å². The van der Waals surface area contributed by atoms with Crippen molar-refractivity contribution >= 4 is 39.4 Å². The zero-order chi connectivity index (χ0) is 21.5. The van der Waals surface area contributed by atoms with E-state index in [-0.39, 0.29) is 17.9 Å². The standard InChI is InChI=1S/C24H25N3O2S/c1-24(2,3)16-8-9-18-19(11-25)23(30-21(18)10-16)26-22(29)13-27-12-15(14-28)17-6-4-5-7-20(17)27/h4-7,12,14,16H,8-10,13H2,1-3H3,(H,26,29)/t16-/m1/s1. The summed E-state index contributed by atoms with van der Waals surface area (Å²) in [4.78, 5) is 25.4. The molecule has 2 heterocycles. The second kappa shape index (κ2) is 7.73. The zero-order valence-electron chi connectivity index (χ0n) is 17.5. The van der Waals surface area contributed by atoms with Gasteiger partial charge in [0.05, 0.1) is 5.56 Å². The van der Waals surface area contributed by atoms with Crippen LogP contribution in [0.3, 0.4) is 0 Å². The molecule has 0 aliphatic heterocycles. The summed E-state index contributed by atoms with van der Waals surface area (Å²) in [5.74, 6) is 0.377. The molecule has 1 atom stereocenters. The molecule has 0 spiro atoms. The number of carbonyl (C=O) groups is 2. The smallest absolute Gasteiger partial charge is 0.244 e. The van der Waals surface area contributed by atoms with E-state index in [0.29, 0.717) is 22.0 Å². The van der Waals surface area contributed by atoms with E-state index in [1.165, 1.54) is 16.2 Å². The van der Waals surface area contributed by atoms with Crippen molar-refractivity contribution in [2.75, 3.05) is 5.32 Å². The molecule has 2 aromatic heterocycles. The van der Waals surface area contributed by atoms with Crippen molar-refractivity contribution in [2.45, 2.75) is 46.6 Å². The van der Waals surface area contributed by atoms with Crippen molar-refractivity contribution in [3.63, 3.8) is 0 Å². The molecule has 0 saturated heterocycles. The Labute approximate surface area is 180 Å². The average molecular weight is 420 g/mol. The van der Waals surface area contributed by atoms with Gasteiger partial charge in [-0.15, -0.1) is 11.3 Å². The number of nitrogens with one attached hydrogen (secondary N) is 1. The first-order chi connectivity index (χ1) is 14.3. The summed E-state index contributed by atoms with van der Waals surface area (Å²) < 4.78 is 1.78. The maximum absolute atomic E-state index is 12.8. The van der Waals surface area contributed by atoms with Gasteiger partial charge < -0.3 is 9.88 Å². The lowest BCUT2D eigenvalue weighted by Crippen LogP contribution is -2.26. The van der Waals surface area contributed by atoms with Crippen molar-refractivity contribution in [1.29, 1.82) is 5.26 Å². The lowest BCUT2D eigenvalue weighted by atomic mass is 9.72. The number of hydrogen-bond acceptors (Lipinski definition) is 4. The minimum Gasteiger partial charge on any atom is -0.337 e. The third-order valence-corrected chi connectivity index (χ3v) is 7.28. The van der Waals surface area contributed by atoms with Crippen molar-refractivity contribution in [2.24, 2.45) is 11.3 Å². The number of rotatable bonds is 4. The van der Waals surface area contributed by atoms with Crippen LogP contribution in [0, 0.1) is 22.7 Å². The second-order valence-corrected chi connectivity index (χ2v) is 10.1. The molecule has 1 N–H and O–H groups in total. The van der Waals surface area contributed by atoms with Gasteiger partial charge in [-0.3, -0.25) is 9.59 Å². The molecule has 0 fully saturated rings. The highest BCUT2D eigenvalue weighted by Crippen LogP contribution is 2.44. The highest BCUT2D eigenvalue weighted by molar-refractivity contribution is 7.16. The van der Waals surface area contributed by atoms with Gasteiger partial charge in [0.25, 0.3) is 0 Å². The number of hydrogen-bond donors (Lipinski definition) is 1. The predicted octanol–water partition coefficient (Wildman–Crippen LogP) is 5.18. The summed E-state index contributed by atoms with van der Waals surface area (Å²) in [6.07, 6.45) is 5.43. The van der Waals surface area contributed by atoms with Gasteiger partial charge in [0.2, 0.25) is 5.91 Å². The number of aromatic nitrogens is 1. The molecule has 30 heavy (non-hydrogen) atoms. The van der Waals surface area contributed by atoms with Gasteiger partial charge in [0, 0.05) is 27.5 Å². The number of anilines is 1. The molecule has 4 rings (SSSR count). The zero-order valence-corrected chi connectivity index (χ0v) is 18.3. The SMILES string of the molecule is CC(C)(C)[C@@H]1CCc2c(sc(NC(=O)Cn3cc(C=O)c4ccccc43)c2C#N)C1. The molecule has 1 aliphatic rings. The number of para-hydroxylation sites is 1. The molecular weight excluding hydrogens is 394 g/mol. The largest absolute Gasteiger partial charge is 0.337 e. The van der Waals surface area contributed by atoms with Crippen LogP contribution in [-0.2, 0) is 24.2 Å². The van der Waals surface area contributed by atoms with E-state index in [1.807, 2.05) is 24.3 Å². The Bertz CT molecular complexity index is 1170. The molecule has 0 radical (unpaired) electrons. The molecule has 1 amide bonds. The fraction of sp³-hybridized carbons (Fsp3) is 0.375. The van der Waals surface area contributed by atoms with E-state index in [1.54, 1.807) is 10.8 Å². The maximum Gasteiger partial charge on any atom is 0.244 e. The summed E-state index contributed by atoms with van der Waals surface area (Å²) in [6.45, 7) is 6.88. The van der Waals surface area contributed by atoms with Crippen LogP contribution in [0.5, 0.6) is 0 Å². The summed E-state index contributed by atoms with van der Waals surface area (Å²) in [6, 6.07) is 9.84. The van der Waals surface area contributed by atoms with Gasteiger partial charge in [-0.05, 0) is 42.2 Å². The van der Waals surface area contributed by atoms with Crippen LogP contribution in [0.1, 0.15) is 53.6 Å². The number of aldehydes is 1. The Balaban J connectivity index is 1.57. The molecule has 1 aliphatic carbocycles. The molecule has 0 saturated carbocycles. The lowest BCUT2D eigenvalue weighted by Gasteiger charge is -2.33. The maximum atomic E-state index is 12.8. The second-order valence-electron chi connectivity index (χ2n) is 9.02. The van der Waals surface area contributed by atoms with Gasteiger partial charge in [-0.25, -0.2) is 0 Å². The Morgan fingerprint density at radius 1 is 1.37 bits per heavy atom. The third kappa shape index (κ3) is 3.66. The highest BCUT2D eigenvalue weighted by atomic mass is 32.1. The molecule has 6 heteroatoms. The van der Waals surface area contributed by atoms with Crippen molar-refractivity contribution in [3.05, 3.63) is 52.0 Å². The van der Waals surface area contributed by atoms with E-state index in [2.05, 4.69) is 32.2 Å². The Hall–Kier alpha value is -2.91. The number of carbonyl (C=O) groups excluding carboxylic acids is 2. The average Bonchev–Trinajstić information content (AvgIpc) is 3.24. The summed E-state index contributed by atoms with van der Waals surface area (Å²) in [5, 5.41) is 14.2. The minimum atomic E-state index is -0.198. The molecule has 154 valence electrons. The van der Waals surface area contributed by atoms with E-state index in [9.17, 15) is 14.9 Å². The monoisotopic (exact) mass is 419 g/mol. The topological polar surface area (TPSA) is 74.9 Å². The van der Waals surface area contributed by atoms with Crippen LogP contribution >= 0.6 is 11.3 Å². The first-order valence-corrected chi connectivity index (χ1v) is 11.0. The fourth-order valence-corrected chi connectivity index (χ4v) is 5.65. The molecular formula is C24H25N3O2S. The number of nitriles is 1. The highest BCUT2D eigenvalue weighted by Gasteiger charge is 2.32. The van der Waals surface area contributed by atoms with Gasteiger partial charge >= 0.3 is 0 Å². The Kier molecular flexibility index (Phi) is 5.25. The lowest BCUT2D eigenvalue weighted by molar-refractivity contribution is -0.116. The summed E-state index contributed by atoms with van der Waals surface area (Å²) in [5.41, 5.74) is 3.35. The normalized spacial score (nSPS) is 16.1. The van der Waals surface area contributed by atoms with Crippen LogP contribution in [0.25, 0.3) is 10.9 Å². The first kappa shape index (κ1) is 20.4. The van der Waals surface area contributed by atoms with E-state index >= 15 is 0 Å². The van der Waals surface area contributed by atoms with Crippen LogP contribution in [-0.4, -0.2) is 16.8 Å².